The number of amides is 1. The summed E-state index contributed by atoms with van der Waals surface area (Å²) in [5, 5.41) is 18.4. The van der Waals surface area contributed by atoms with Gasteiger partial charge in [-0.25, -0.2) is 14.5 Å². The maximum atomic E-state index is 13.3. The number of rotatable bonds is 9. The van der Waals surface area contributed by atoms with Crippen molar-refractivity contribution < 1.29 is 14.5 Å². The van der Waals surface area contributed by atoms with Crippen LogP contribution in [0, 0.1) is 10.1 Å². The third-order valence-electron chi connectivity index (χ3n) is 7.17. The number of nitrogens with one attached hydrogen (secondary N) is 2. The van der Waals surface area contributed by atoms with Crippen LogP contribution in [0.15, 0.2) is 73.3 Å². The zero-order chi connectivity index (χ0) is 29.1. The van der Waals surface area contributed by atoms with Crippen molar-refractivity contribution in [3.63, 3.8) is 0 Å². The van der Waals surface area contributed by atoms with Crippen LogP contribution in [0.25, 0.3) is 22.2 Å². The second kappa shape index (κ2) is 11.7. The van der Waals surface area contributed by atoms with E-state index in [9.17, 15) is 14.9 Å². The van der Waals surface area contributed by atoms with E-state index in [2.05, 4.69) is 48.4 Å². The first kappa shape index (κ1) is 26.9. The molecule has 0 saturated carbocycles. The van der Waals surface area contributed by atoms with Gasteiger partial charge >= 0.3 is 5.95 Å². The summed E-state index contributed by atoms with van der Waals surface area (Å²) in [5.41, 5.74) is 4.91. The van der Waals surface area contributed by atoms with Crippen LogP contribution >= 0.6 is 0 Å². The number of benzene rings is 2. The fourth-order valence-electron chi connectivity index (χ4n) is 5.14. The Morgan fingerprint density at radius 2 is 1.93 bits per heavy atom. The Morgan fingerprint density at radius 3 is 2.76 bits per heavy atom. The molecule has 2 N–H and O–H groups in total. The number of aromatic nitrogens is 5. The Labute approximate surface area is 240 Å². The number of ether oxygens (including phenoxy) is 1. The number of carbonyl (C=O) groups excluding carboxylic acids is 1. The lowest BCUT2D eigenvalue weighted by Crippen LogP contribution is -2.38. The number of nitro groups is 1. The highest BCUT2D eigenvalue weighted by atomic mass is 16.6. The molecular formula is C29H29N9O4. The van der Waals surface area contributed by atoms with Crippen molar-refractivity contribution in [2.45, 2.75) is 6.54 Å². The van der Waals surface area contributed by atoms with Crippen LogP contribution in [0.1, 0.15) is 10.4 Å². The summed E-state index contributed by atoms with van der Waals surface area (Å²) in [7, 11) is 2.01. The highest BCUT2D eigenvalue weighted by Crippen LogP contribution is 2.31. The van der Waals surface area contributed by atoms with E-state index in [1.807, 2.05) is 37.4 Å². The predicted molar refractivity (Wildman–Crippen MR) is 158 cm³/mol. The molecule has 1 saturated heterocycles. The lowest BCUT2D eigenvalue weighted by atomic mass is 10.1. The summed E-state index contributed by atoms with van der Waals surface area (Å²) in [6, 6.07) is 15.6. The second-order valence-electron chi connectivity index (χ2n) is 9.83. The molecular weight excluding hydrogens is 538 g/mol. The van der Waals surface area contributed by atoms with Gasteiger partial charge in [-0.2, -0.15) is 0 Å². The number of anilines is 3. The van der Waals surface area contributed by atoms with Crippen molar-refractivity contribution in [1.29, 1.82) is 0 Å². The first-order chi connectivity index (χ1) is 20.5. The van der Waals surface area contributed by atoms with E-state index in [1.54, 1.807) is 12.3 Å². The van der Waals surface area contributed by atoms with E-state index in [4.69, 9.17) is 9.72 Å². The zero-order valence-electron chi connectivity index (χ0n) is 22.9. The molecule has 0 spiro atoms. The van der Waals surface area contributed by atoms with Gasteiger partial charge in [-0.3, -0.25) is 4.79 Å². The zero-order valence-corrected chi connectivity index (χ0v) is 22.9. The van der Waals surface area contributed by atoms with Gasteiger partial charge in [0.05, 0.1) is 36.7 Å². The van der Waals surface area contributed by atoms with E-state index >= 15 is 0 Å². The third-order valence-corrected chi connectivity index (χ3v) is 7.17. The minimum Gasteiger partial charge on any atom is -0.390 e. The molecule has 3 aromatic heterocycles. The maximum Gasteiger partial charge on any atom is 0.434 e. The Kier molecular flexibility index (Phi) is 7.47. The topological polar surface area (TPSA) is 145 Å². The van der Waals surface area contributed by atoms with Gasteiger partial charge in [0.2, 0.25) is 5.95 Å². The Morgan fingerprint density at radius 1 is 1.10 bits per heavy atom. The molecule has 1 aliphatic heterocycles. The molecule has 4 heterocycles. The van der Waals surface area contributed by atoms with Crippen LogP contribution in [0.2, 0.25) is 0 Å². The molecule has 1 aliphatic rings. The standard InChI is InChI=1S/C29H29N9O4/c1-35-19-23(21-4-2-3-5-25(21)35)24-8-9-31-28(34-24)33-20-6-7-22(26(18-20)36-14-16-42-17-15-36)27(39)30-10-12-37-13-11-32-29(37)38(40)41/h2-9,11,13,18-19H,10,12,14-17H2,1H3,(H,30,39)(H,31,33,34). The third kappa shape index (κ3) is 5.49. The maximum absolute atomic E-state index is 13.3. The summed E-state index contributed by atoms with van der Waals surface area (Å²) in [6.07, 6.45) is 6.67. The van der Waals surface area contributed by atoms with E-state index in [1.165, 1.54) is 17.0 Å². The monoisotopic (exact) mass is 567 g/mol. The number of hydrogen-bond donors (Lipinski definition) is 2. The molecule has 6 rings (SSSR count). The Balaban J connectivity index is 1.23. The highest BCUT2D eigenvalue weighted by molar-refractivity contribution is 6.00. The average molecular weight is 568 g/mol. The molecule has 0 aliphatic carbocycles. The Hall–Kier alpha value is -5.30. The molecule has 42 heavy (non-hydrogen) atoms. The van der Waals surface area contributed by atoms with Crippen LogP contribution in [-0.4, -0.2) is 67.8 Å². The predicted octanol–water partition coefficient (Wildman–Crippen LogP) is 3.75. The van der Waals surface area contributed by atoms with E-state index < -0.39 is 4.92 Å². The number of nitrogens with zero attached hydrogens (tertiary/aromatic N) is 7. The van der Waals surface area contributed by atoms with Crippen LogP contribution in [0.5, 0.6) is 0 Å². The Bertz CT molecular complexity index is 1760. The second-order valence-corrected chi connectivity index (χ2v) is 9.83. The van der Waals surface area contributed by atoms with Gasteiger partial charge in [0, 0.05) is 61.2 Å². The number of imidazole rings is 1. The van der Waals surface area contributed by atoms with E-state index in [-0.39, 0.29) is 24.9 Å². The van der Waals surface area contributed by atoms with Crippen LogP contribution < -0.4 is 15.5 Å². The summed E-state index contributed by atoms with van der Waals surface area (Å²) in [5.74, 6) is -0.104. The lowest BCUT2D eigenvalue weighted by Gasteiger charge is -2.30. The van der Waals surface area contributed by atoms with Gasteiger partial charge in [-0.15, -0.1) is 0 Å². The molecule has 0 unspecified atom stereocenters. The lowest BCUT2D eigenvalue weighted by molar-refractivity contribution is -0.396. The molecule has 13 heteroatoms. The van der Waals surface area contributed by atoms with Crippen molar-refractivity contribution >= 4 is 40.1 Å². The molecule has 1 fully saturated rings. The quantitative estimate of drug-likeness (QED) is 0.201. The van der Waals surface area contributed by atoms with Crippen molar-refractivity contribution in [2.75, 3.05) is 43.1 Å². The molecule has 2 aromatic carbocycles. The van der Waals surface area contributed by atoms with Crippen molar-refractivity contribution in [3.05, 3.63) is 89.0 Å². The highest BCUT2D eigenvalue weighted by Gasteiger charge is 2.21. The molecule has 214 valence electrons. The molecule has 5 aromatic rings. The van der Waals surface area contributed by atoms with Crippen LogP contribution in [0.3, 0.4) is 0 Å². The van der Waals surface area contributed by atoms with Gasteiger partial charge in [0.25, 0.3) is 5.91 Å². The summed E-state index contributed by atoms with van der Waals surface area (Å²) in [6.45, 7) is 2.81. The molecule has 0 bridgehead atoms. The number of morpholine rings is 1. The van der Waals surface area contributed by atoms with Gasteiger partial charge in [0.1, 0.15) is 12.4 Å². The fourth-order valence-corrected chi connectivity index (χ4v) is 5.14. The van der Waals surface area contributed by atoms with Gasteiger partial charge in [-0.05, 0) is 35.3 Å². The van der Waals surface area contributed by atoms with Crippen molar-refractivity contribution in [2.24, 2.45) is 7.05 Å². The normalized spacial score (nSPS) is 13.3. The fraction of sp³-hybridized carbons (Fsp3) is 0.241. The number of carbonyl (C=O) groups is 1. The summed E-state index contributed by atoms with van der Waals surface area (Å²) in [4.78, 5) is 38.9. The first-order valence-electron chi connectivity index (χ1n) is 13.5. The molecule has 0 atom stereocenters. The van der Waals surface area contributed by atoms with Gasteiger partial charge in [0.15, 0.2) is 0 Å². The van der Waals surface area contributed by atoms with Gasteiger partial charge in [-0.1, -0.05) is 23.2 Å². The molecule has 13 nitrogen and oxygen atoms in total. The first-order valence-corrected chi connectivity index (χ1v) is 13.5. The molecule has 1 amide bonds. The minimum atomic E-state index is -0.550. The van der Waals surface area contributed by atoms with Crippen molar-refractivity contribution in [1.82, 2.24) is 29.4 Å². The number of aryl methyl sites for hydroxylation is 1. The number of hydrogen-bond acceptors (Lipinski definition) is 9. The van der Waals surface area contributed by atoms with E-state index in [0.717, 1.165) is 33.5 Å². The number of fused-ring (bicyclic) bond motifs is 1. The minimum absolute atomic E-state index is 0.202. The van der Waals surface area contributed by atoms with Crippen LogP contribution in [-0.2, 0) is 18.3 Å². The van der Waals surface area contributed by atoms with Crippen molar-refractivity contribution in [3.8, 4) is 11.3 Å². The van der Waals surface area contributed by atoms with Gasteiger partial charge < -0.3 is 35.0 Å². The molecule has 0 radical (unpaired) electrons. The smallest absolute Gasteiger partial charge is 0.390 e. The largest absolute Gasteiger partial charge is 0.434 e. The van der Waals surface area contributed by atoms with Crippen LogP contribution in [0.4, 0.5) is 23.3 Å². The summed E-state index contributed by atoms with van der Waals surface area (Å²) >= 11 is 0. The van der Waals surface area contributed by atoms with E-state index in [0.29, 0.717) is 37.8 Å². The summed E-state index contributed by atoms with van der Waals surface area (Å²) < 4.78 is 9.00. The SMILES string of the molecule is Cn1cc(-c2ccnc(Nc3ccc(C(=O)NCCn4ccnc4[N+](=O)[O-])c(N4CCOCC4)c3)n2)c2ccccc21. The average Bonchev–Trinajstić information content (AvgIpc) is 3.62. The number of para-hydroxylation sites is 1.